The Labute approximate surface area is 183 Å². The third-order valence-electron chi connectivity index (χ3n) is 7.35. The van der Waals surface area contributed by atoms with Crippen molar-refractivity contribution in [1.82, 2.24) is 9.80 Å². The standard InChI is InChI=1S/C25H30N2O4/c1-18-6-7-22(31-18)24(29)27-10-8-25(9-11-27)17-19(20-4-2-3-5-21(20)25)16-23(28)26-12-14-30-15-13-26/h2-7,19H,8-17H2,1H3. The number of furan rings is 1. The highest BCUT2D eigenvalue weighted by Gasteiger charge is 2.46. The van der Waals surface area contributed by atoms with E-state index in [9.17, 15) is 9.59 Å². The SMILES string of the molecule is Cc1ccc(C(=O)N2CCC3(CC2)CC(CC(=O)N2CCOCC2)c2ccccc23)o1. The lowest BCUT2D eigenvalue weighted by Gasteiger charge is -2.40. The zero-order chi connectivity index (χ0) is 21.4. The third-order valence-corrected chi connectivity index (χ3v) is 7.35. The van der Waals surface area contributed by atoms with E-state index in [-0.39, 0.29) is 23.1 Å². The summed E-state index contributed by atoms with van der Waals surface area (Å²) in [7, 11) is 0. The summed E-state index contributed by atoms with van der Waals surface area (Å²) in [6.45, 7) is 5.96. The predicted molar refractivity (Wildman–Crippen MR) is 116 cm³/mol. The molecule has 0 saturated carbocycles. The van der Waals surface area contributed by atoms with Gasteiger partial charge in [0.1, 0.15) is 5.76 Å². The van der Waals surface area contributed by atoms with Crippen molar-refractivity contribution in [2.45, 2.75) is 43.9 Å². The zero-order valence-electron chi connectivity index (χ0n) is 18.1. The van der Waals surface area contributed by atoms with Gasteiger partial charge in [-0.25, -0.2) is 0 Å². The molecule has 164 valence electrons. The molecular formula is C25H30N2O4. The van der Waals surface area contributed by atoms with Crippen molar-refractivity contribution in [3.8, 4) is 0 Å². The van der Waals surface area contributed by atoms with E-state index in [4.69, 9.17) is 9.15 Å². The van der Waals surface area contributed by atoms with Crippen molar-refractivity contribution in [1.29, 1.82) is 0 Å². The van der Waals surface area contributed by atoms with E-state index in [1.807, 2.05) is 22.8 Å². The van der Waals surface area contributed by atoms with E-state index in [0.717, 1.165) is 38.1 Å². The molecule has 1 aliphatic carbocycles. The first-order chi connectivity index (χ1) is 15.1. The van der Waals surface area contributed by atoms with Gasteiger partial charge in [-0.15, -0.1) is 0 Å². The fourth-order valence-corrected chi connectivity index (χ4v) is 5.68. The molecule has 2 fully saturated rings. The molecule has 0 radical (unpaired) electrons. The Kier molecular flexibility index (Phi) is 5.34. The number of carbonyl (C=O) groups excluding carboxylic acids is 2. The van der Waals surface area contributed by atoms with E-state index in [2.05, 4.69) is 24.3 Å². The molecule has 1 atom stereocenters. The molecule has 3 heterocycles. The second-order valence-corrected chi connectivity index (χ2v) is 9.17. The molecule has 2 aromatic rings. The summed E-state index contributed by atoms with van der Waals surface area (Å²) in [4.78, 5) is 29.6. The van der Waals surface area contributed by atoms with Crippen LogP contribution in [0.4, 0.5) is 0 Å². The highest BCUT2D eigenvalue weighted by molar-refractivity contribution is 5.91. The Morgan fingerprint density at radius 2 is 1.74 bits per heavy atom. The molecule has 31 heavy (non-hydrogen) atoms. The number of carbonyl (C=O) groups is 2. The van der Waals surface area contributed by atoms with Gasteiger partial charge in [-0.05, 0) is 60.8 Å². The topological polar surface area (TPSA) is 63.0 Å². The monoisotopic (exact) mass is 422 g/mol. The highest BCUT2D eigenvalue weighted by Crippen LogP contribution is 2.52. The van der Waals surface area contributed by atoms with Gasteiger partial charge in [-0.3, -0.25) is 9.59 Å². The minimum absolute atomic E-state index is 0.0201. The average Bonchev–Trinajstić information content (AvgIpc) is 3.37. The summed E-state index contributed by atoms with van der Waals surface area (Å²) in [5, 5.41) is 0. The number of rotatable bonds is 3. The number of hydrogen-bond acceptors (Lipinski definition) is 4. The highest BCUT2D eigenvalue weighted by atomic mass is 16.5. The van der Waals surface area contributed by atoms with Gasteiger partial charge in [-0.2, -0.15) is 0 Å². The van der Waals surface area contributed by atoms with Crippen molar-refractivity contribution in [3.63, 3.8) is 0 Å². The average molecular weight is 423 g/mol. The number of hydrogen-bond donors (Lipinski definition) is 0. The molecule has 6 heteroatoms. The maximum atomic E-state index is 12.9. The Balaban J connectivity index is 1.30. The van der Waals surface area contributed by atoms with Crippen molar-refractivity contribution in [2.24, 2.45) is 0 Å². The summed E-state index contributed by atoms with van der Waals surface area (Å²) in [6.07, 6.45) is 3.41. The molecule has 5 rings (SSSR count). The molecule has 1 aromatic heterocycles. The normalized spacial score (nSPS) is 22.5. The molecule has 0 N–H and O–H groups in total. The van der Waals surface area contributed by atoms with Crippen LogP contribution in [0.5, 0.6) is 0 Å². The largest absolute Gasteiger partial charge is 0.456 e. The van der Waals surface area contributed by atoms with Crippen molar-refractivity contribution < 1.29 is 18.7 Å². The van der Waals surface area contributed by atoms with Crippen LogP contribution in [0.3, 0.4) is 0 Å². The molecule has 6 nitrogen and oxygen atoms in total. The number of fused-ring (bicyclic) bond motifs is 2. The Morgan fingerprint density at radius 3 is 2.45 bits per heavy atom. The Bertz CT molecular complexity index is 967. The van der Waals surface area contributed by atoms with Crippen LogP contribution < -0.4 is 0 Å². The fourth-order valence-electron chi connectivity index (χ4n) is 5.68. The molecule has 2 aliphatic heterocycles. The van der Waals surface area contributed by atoms with Crippen LogP contribution in [-0.4, -0.2) is 61.0 Å². The molecule has 0 bridgehead atoms. The van der Waals surface area contributed by atoms with Crippen LogP contribution in [0.1, 0.15) is 59.0 Å². The van der Waals surface area contributed by atoms with Gasteiger partial charge in [0, 0.05) is 32.6 Å². The zero-order valence-corrected chi connectivity index (χ0v) is 18.1. The predicted octanol–water partition coefficient (Wildman–Crippen LogP) is 3.50. The molecule has 3 aliphatic rings. The summed E-state index contributed by atoms with van der Waals surface area (Å²) in [6, 6.07) is 12.2. The van der Waals surface area contributed by atoms with Gasteiger partial charge in [0.25, 0.3) is 5.91 Å². The van der Waals surface area contributed by atoms with Crippen LogP contribution >= 0.6 is 0 Å². The van der Waals surface area contributed by atoms with Crippen LogP contribution in [0, 0.1) is 6.92 Å². The smallest absolute Gasteiger partial charge is 0.289 e. The number of piperidine rings is 1. The molecule has 1 unspecified atom stereocenters. The second kappa shape index (κ2) is 8.15. The fraction of sp³-hybridized carbons (Fsp3) is 0.520. The number of amides is 2. The Hall–Kier alpha value is -2.60. The van der Waals surface area contributed by atoms with Crippen molar-refractivity contribution in [2.75, 3.05) is 39.4 Å². The molecule has 1 spiro atoms. The number of likely N-dealkylation sites (tertiary alicyclic amines) is 1. The number of nitrogens with zero attached hydrogens (tertiary/aromatic N) is 2. The molecule has 1 aromatic carbocycles. The summed E-state index contributed by atoms with van der Waals surface area (Å²) in [5.74, 6) is 1.65. The third kappa shape index (κ3) is 3.78. The molecule has 2 amide bonds. The quantitative estimate of drug-likeness (QED) is 0.760. The number of morpholine rings is 1. The van der Waals surface area contributed by atoms with Crippen LogP contribution in [-0.2, 0) is 14.9 Å². The van der Waals surface area contributed by atoms with Gasteiger partial charge in [-0.1, -0.05) is 24.3 Å². The van der Waals surface area contributed by atoms with Gasteiger partial charge in [0.15, 0.2) is 5.76 Å². The van der Waals surface area contributed by atoms with Crippen LogP contribution in [0.15, 0.2) is 40.8 Å². The van der Waals surface area contributed by atoms with Crippen molar-refractivity contribution in [3.05, 3.63) is 59.0 Å². The van der Waals surface area contributed by atoms with E-state index in [0.29, 0.717) is 38.5 Å². The van der Waals surface area contributed by atoms with Gasteiger partial charge < -0.3 is 19.0 Å². The Morgan fingerprint density at radius 1 is 1.00 bits per heavy atom. The van der Waals surface area contributed by atoms with Crippen molar-refractivity contribution >= 4 is 11.8 Å². The summed E-state index contributed by atoms with van der Waals surface area (Å²) < 4.78 is 10.9. The lowest BCUT2D eigenvalue weighted by atomic mass is 9.73. The van der Waals surface area contributed by atoms with E-state index >= 15 is 0 Å². The van der Waals surface area contributed by atoms with Crippen LogP contribution in [0.25, 0.3) is 0 Å². The van der Waals surface area contributed by atoms with Gasteiger partial charge in [0.2, 0.25) is 5.91 Å². The molecular weight excluding hydrogens is 392 g/mol. The van der Waals surface area contributed by atoms with E-state index in [1.165, 1.54) is 11.1 Å². The first-order valence-electron chi connectivity index (χ1n) is 11.4. The lowest BCUT2D eigenvalue weighted by molar-refractivity contribution is -0.135. The first kappa shape index (κ1) is 20.3. The summed E-state index contributed by atoms with van der Waals surface area (Å²) in [5.41, 5.74) is 2.77. The summed E-state index contributed by atoms with van der Waals surface area (Å²) >= 11 is 0. The number of ether oxygens (including phenoxy) is 1. The minimum Gasteiger partial charge on any atom is -0.456 e. The van der Waals surface area contributed by atoms with E-state index in [1.54, 1.807) is 6.07 Å². The maximum absolute atomic E-state index is 12.9. The van der Waals surface area contributed by atoms with Crippen LogP contribution in [0.2, 0.25) is 0 Å². The van der Waals surface area contributed by atoms with Gasteiger partial charge in [0.05, 0.1) is 13.2 Å². The van der Waals surface area contributed by atoms with Gasteiger partial charge >= 0.3 is 0 Å². The number of aryl methyl sites for hydroxylation is 1. The minimum atomic E-state index is -0.0201. The molecule has 2 saturated heterocycles. The number of benzene rings is 1. The second-order valence-electron chi connectivity index (χ2n) is 9.17. The lowest BCUT2D eigenvalue weighted by Crippen LogP contribution is -2.44. The maximum Gasteiger partial charge on any atom is 0.289 e. The van der Waals surface area contributed by atoms with E-state index < -0.39 is 0 Å². The first-order valence-corrected chi connectivity index (χ1v) is 11.4.